The van der Waals surface area contributed by atoms with Crippen LogP contribution in [0.5, 0.6) is 0 Å². The summed E-state index contributed by atoms with van der Waals surface area (Å²) < 4.78 is 10.2. The van der Waals surface area contributed by atoms with Gasteiger partial charge in [-0.1, -0.05) is 26.0 Å². The first-order chi connectivity index (χ1) is 11.6. The van der Waals surface area contributed by atoms with Crippen LogP contribution in [0.3, 0.4) is 0 Å². The summed E-state index contributed by atoms with van der Waals surface area (Å²) >= 11 is 0. The van der Waals surface area contributed by atoms with Gasteiger partial charge in [-0.3, -0.25) is 9.59 Å². The highest BCUT2D eigenvalue weighted by molar-refractivity contribution is 6.07. The molecular weight excluding hydrogens is 308 g/mol. The maximum absolute atomic E-state index is 12.5. The van der Waals surface area contributed by atoms with E-state index in [1.165, 1.54) is 0 Å². The van der Waals surface area contributed by atoms with Gasteiger partial charge in [0.25, 0.3) is 11.8 Å². The van der Waals surface area contributed by atoms with Gasteiger partial charge in [0.2, 0.25) is 0 Å². The summed E-state index contributed by atoms with van der Waals surface area (Å²) in [5.41, 5.74) is 0.716. The SMILES string of the molecule is CC[C@@H](COC)NC(=O)c1ccccc1C(=O)N[C@@H](CC)COC. The molecule has 6 nitrogen and oxygen atoms in total. The van der Waals surface area contributed by atoms with Crippen LogP contribution >= 0.6 is 0 Å². The minimum Gasteiger partial charge on any atom is -0.383 e. The van der Waals surface area contributed by atoms with Crippen molar-refractivity contribution in [2.24, 2.45) is 0 Å². The molecule has 0 aliphatic heterocycles. The van der Waals surface area contributed by atoms with Gasteiger partial charge in [0, 0.05) is 14.2 Å². The number of rotatable bonds is 10. The molecule has 1 aromatic rings. The smallest absolute Gasteiger partial charge is 0.252 e. The lowest BCUT2D eigenvalue weighted by molar-refractivity contribution is 0.0861. The van der Waals surface area contributed by atoms with Crippen LogP contribution in [-0.4, -0.2) is 51.3 Å². The van der Waals surface area contributed by atoms with Gasteiger partial charge in [-0.15, -0.1) is 0 Å². The zero-order valence-corrected chi connectivity index (χ0v) is 14.9. The third kappa shape index (κ3) is 5.94. The van der Waals surface area contributed by atoms with Crippen molar-refractivity contribution < 1.29 is 19.1 Å². The molecule has 24 heavy (non-hydrogen) atoms. The van der Waals surface area contributed by atoms with E-state index in [4.69, 9.17) is 9.47 Å². The number of amides is 2. The molecule has 2 amide bonds. The van der Waals surface area contributed by atoms with Crippen LogP contribution in [0.2, 0.25) is 0 Å². The van der Waals surface area contributed by atoms with Gasteiger partial charge in [0.1, 0.15) is 0 Å². The number of benzene rings is 1. The number of carbonyl (C=O) groups excluding carboxylic acids is 2. The van der Waals surface area contributed by atoms with Crippen molar-refractivity contribution in [3.05, 3.63) is 35.4 Å². The van der Waals surface area contributed by atoms with E-state index in [0.717, 1.165) is 12.8 Å². The van der Waals surface area contributed by atoms with Crippen molar-refractivity contribution in [2.75, 3.05) is 27.4 Å². The van der Waals surface area contributed by atoms with Gasteiger partial charge in [-0.25, -0.2) is 0 Å². The van der Waals surface area contributed by atoms with Gasteiger partial charge < -0.3 is 20.1 Å². The Hall–Kier alpha value is -1.92. The van der Waals surface area contributed by atoms with Gasteiger partial charge in [0.05, 0.1) is 36.4 Å². The van der Waals surface area contributed by atoms with Gasteiger partial charge in [0.15, 0.2) is 0 Å². The highest BCUT2D eigenvalue weighted by Crippen LogP contribution is 2.10. The first-order valence-electron chi connectivity index (χ1n) is 8.25. The molecule has 2 N–H and O–H groups in total. The predicted molar refractivity (Wildman–Crippen MR) is 93.3 cm³/mol. The Morgan fingerprint density at radius 2 is 1.25 bits per heavy atom. The third-order valence-corrected chi connectivity index (χ3v) is 3.81. The molecule has 0 aliphatic rings. The summed E-state index contributed by atoms with van der Waals surface area (Å²) in [5, 5.41) is 5.81. The highest BCUT2D eigenvalue weighted by atomic mass is 16.5. The summed E-state index contributed by atoms with van der Waals surface area (Å²) in [5.74, 6) is -0.547. The molecule has 0 unspecified atom stereocenters. The lowest BCUT2D eigenvalue weighted by atomic mass is 10.0. The van der Waals surface area contributed by atoms with Crippen LogP contribution in [0.1, 0.15) is 47.4 Å². The van der Waals surface area contributed by atoms with Crippen LogP contribution in [0.4, 0.5) is 0 Å². The van der Waals surface area contributed by atoms with Crippen LogP contribution in [0, 0.1) is 0 Å². The van der Waals surface area contributed by atoms with Crippen molar-refractivity contribution in [3.63, 3.8) is 0 Å². The number of ether oxygens (including phenoxy) is 2. The number of hydrogen-bond acceptors (Lipinski definition) is 4. The van der Waals surface area contributed by atoms with E-state index in [1.54, 1.807) is 38.5 Å². The first kappa shape index (κ1) is 20.1. The maximum Gasteiger partial charge on any atom is 0.252 e. The largest absolute Gasteiger partial charge is 0.383 e. The Balaban J connectivity index is 2.90. The third-order valence-electron chi connectivity index (χ3n) is 3.81. The van der Waals surface area contributed by atoms with Gasteiger partial charge >= 0.3 is 0 Å². The molecule has 0 heterocycles. The summed E-state index contributed by atoms with van der Waals surface area (Å²) in [7, 11) is 3.19. The van der Waals surface area contributed by atoms with E-state index >= 15 is 0 Å². The molecule has 0 aliphatic carbocycles. The molecule has 0 radical (unpaired) electrons. The van der Waals surface area contributed by atoms with E-state index < -0.39 is 0 Å². The summed E-state index contributed by atoms with van der Waals surface area (Å²) in [6.45, 7) is 4.81. The average Bonchev–Trinajstić information content (AvgIpc) is 2.60. The standard InChI is InChI=1S/C18H28N2O4/c1-5-13(11-23-3)19-17(21)15-9-7-8-10-16(15)18(22)20-14(6-2)12-24-4/h7-10,13-14H,5-6,11-12H2,1-4H3,(H,19,21)(H,20,22)/t13-,14-/m0/s1. The van der Waals surface area contributed by atoms with Crippen molar-refractivity contribution >= 4 is 11.8 Å². The van der Waals surface area contributed by atoms with Crippen LogP contribution in [0.15, 0.2) is 24.3 Å². The normalized spacial score (nSPS) is 13.2. The Bertz CT molecular complexity index is 487. The first-order valence-corrected chi connectivity index (χ1v) is 8.25. The fourth-order valence-electron chi connectivity index (χ4n) is 2.33. The quantitative estimate of drug-likeness (QED) is 0.685. The van der Waals surface area contributed by atoms with E-state index in [9.17, 15) is 9.59 Å². The van der Waals surface area contributed by atoms with Gasteiger partial charge in [-0.05, 0) is 25.0 Å². The van der Waals surface area contributed by atoms with E-state index in [1.807, 2.05) is 13.8 Å². The topological polar surface area (TPSA) is 76.7 Å². The molecule has 0 saturated carbocycles. The molecular formula is C18H28N2O4. The Morgan fingerprint density at radius 1 is 0.875 bits per heavy atom. The number of nitrogens with one attached hydrogen (secondary N) is 2. The minimum absolute atomic E-state index is 0.0875. The molecule has 0 aromatic heterocycles. The monoisotopic (exact) mass is 336 g/mol. The lowest BCUT2D eigenvalue weighted by Crippen LogP contribution is -2.40. The molecule has 1 aromatic carbocycles. The predicted octanol–water partition coefficient (Wildman–Crippen LogP) is 2.00. The van der Waals surface area contributed by atoms with Crippen LogP contribution < -0.4 is 10.6 Å². The Labute approximate surface area is 143 Å². The van der Waals surface area contributed by atoms with E-state index in [2.05, 4.69) is 10.6 Å². The molecule has 0 fully saturated rings. The average molecular weight is 336 g/mol. The molecule has 6 heteroatoms. The van der Waals surface area contributed by atoms with E-state index in [0.29, 0.717) is 24.3 Å². The van der Waals surface area contributed by atoms with Gasteiger partial charge in [-0.2, -0.15) is 0 Å². The number of hydrogen-bond donors (Lipinski definition) is 2. The lowest BCUT2D eigenvalue weighted by Gasteiger charge is -2.19. The van der Waals surface area contributed by atoms with E-state index in [-0.39, 0.29) is 23.9 Å². The zero-order chi connectivity index (χ0) is 17.9. The minimum atomic E-state index is -0.274. The molecule has 134 valence electrons. The van der Waals surface area contributed by atoms with Crippen molar-refractivity contribution in [1.82, 2.24) is 10.6 Å². The van der Waals surface area contributed by atoms with Crippen LogP contribution in [0.25, 0.3) is 0 Å². The highest BCUT2D eigenvalue weighted by Gasteiger charge is 2.20. The fraction of sp³-hybridized carbons (Fsp3) is 0.556. The van der Waals surface area contributed by atoms with Crippen LogP contribution in [-0.2, 0) is 9.47 Å². The second-order valence-corrected chi connectivity index (χ2v) is 5.61. The number of methoxy groups -OCH3 is 2. The van der Waals surface area contributed by atoms with Crippen molar-refractivity contribution in [3.8, 4) is 0 Å². The molecule has 0 saturated heterocycles. The summed E-state index contributed by atoms with van der Waals surface area (Å²) in [4.78, 5) is 25.0. The maximum atomic E-state index is 12.5. The second kappa shape index (κ2) is 10.8. The Kier molecular flexibility index (Phi) is 9.04. The second-order valence-electron chi connectivity index (χ2n) is 5.61. The number of carbonyl (C=O) groups is 2. The summed E-state index contributed by atoms with van der Waals surface area (Å²) in [6.07, 6.45) is 1.50. The molecule has 0 bridgehead atoms. The summed E-state index contributed by atoms with van der Waals surface area (Å²) in [6, 6.07) is 6.62. The fourth-order valence-corrected chi connectivity index (χ4v) is 2.33. The van der Waals surface area contributed by atoms with Crippen molar-refractivity contribution in [1.29, 1.82) is 0 Å². The van der Waals surface area contributed by atoms with Crippen molar-refractivity contribution in [2.45, 2.75) is 38.8 Å². The molecule has 1 rings (SSSR count). The molecule has 2 atom stereocenters. The Morgan fingerprint density at radius 3 is 1.54 bits per heavy atom. The molecule has 0 spiro atoms. The zero-order valence-electron chi connectivity index (χ0n) is 14.9.